The second-order valence-corrected chi connectivity index (χ2v) is 5.34. The zero-order chi connectivity index (χ0) is 18.7. The Hall–Kier alpha value is -2.41. The van der Waals surface area contributed by atoms with Gasteiger partial charge in [0.1, 0.15) is 6.61 Å². The van der Waals surface area contributed by atoms with Crippen LogP contribution in [0.1, 0.15) is 22.8 Å². The van der Waals surface area contributed by atoms with Gasteiger partial charge in [-0.3, -0.25) is 0 Å². The quantitative estimate of drug-likeness (QED) is 0.575. The second kappa shape index (κ2) is 7.23. The molecule has 1 unspecified atom stereocenters. The molecule has 0 spiro atoms. The molecule has 0 heterocycles. The maximum atomic E-state index is 14.2. The van der Waals surface area contributed by atoms with Crippen LogP contribution in [0.25, 0.3) is 0 Å². The molecule has 2 rings (SSSR count). The van der Waals surface area contributed by atoms with Crippen LogP contribution in [0.2, 0.25) is 0 Å². The molecule has 25 heavy (non-hydrogen) atoms. The fourth-order valence-corrected chi connectivity index (χ4v) is 2.06. The fourth-order valence-electron chi connectivity index (χ4n) is 2.06. The maximum absolute atomic E-state index is 14.2. The minimum absolute atomic E-state index is 0.172. The standard InChI is InChI=1S/C18H15F5O2/c1-12(25-11-13-5-3-2-4-6-13)17(19,20)16(24)14-7-9-15(10-8-14)18(21,22)23/h2-10,16,24H,1,11H2. The fraction of sp³-hybridized carbons (Fsp3) is 0.222. The number of hydrogen-bond acceptors (Lipinski definition) is 2. The van der Waals surface area contributed by atoms with Crippen LogP contribution in [-0.2, 0) is 17.5 Å². The van der Waals surface area contributed by atoms with E-state index in [2.05, 4.69) is 6.58 Å². The summed E-state index contributed by atoms with van der Waals surface area (Å²) in [6.07, 6.45) is -6.97. The number of rotatable bonds is 6. The molecule has 0 aromatic heterocycles. The molecule has 0 aliphatic heterocycles. The first-order valence-corrected chi connectivity index (χ1v) is 7.21. The van der Waals surface area contributed by atoms with Gasteiger partial charge in [0.05, 0.1) is 5.56 Å². The Morgan fingerprint density at radius 3 is 2.04 bits per heavy atom. The molecule has 1 N–H and O–H groups in total. The first-order valence-electron chi connectivity index (χ1n) is 7.21. The van der Waals surface area contributed by atoms with Gasteiger partial charge in [-0.15, -0.1) is 0 Å². The Bertz CT molecular complexity index is 708. The van der Waals surface area contributed by atoms with Crippen LogP contribution >= 0.6 is 0 Å². The Morgan fingerprint density at radius 1 is 0.960 bits per heavy atom. The SMILES string of the molecule is C=C(OCc1ccccc1)C(F)(F)C(O)c1ccc(C(F)(F)F)cc1. The molecular formula is C18H15F5O2. The van der Waals surface area contributed by atoms with E-state index in [1.807, 2.05) is 0 Å². The minimum atomic E-state index is -4.59. The van der Waals surface area contributed by atoms with Gasteiger partial charge in [0.15, 0.2) is 11.9 Å². The molecule has 2 aromatic rings. The van der Waals surface area contributed by atoms with Crippen LogP contribution in [0.3, 0.4) is 0 Å². The number of aliphatic hydroxyl groups is 1. The molecule has 0 amide bonds. The summed E-state index contributed by atoms with van der Waals surface area (Å²) in [7, 11) is 0. The molecule has 0 saturated heterocycles. The highest BCUT2D eigenvalue weighted by atomic mass is 19.4. The summed E-state index contributed by atoms with van der Waals surface area (Å²) in [5, 5.41) is 9.84. The van der Waals surface area contributed by atoms with Gasteiger partial charge in [0.25, 0.3) is 0 Å². The highest BCUT2D eigenvalue weighted by Crippen LogP contribution is 2.38. The second-order valence-electron chi connectivity index (χ2n) is 5.34. The number of hydrogen-bond donors (Lipinski definition) is 1. The van der Waals surface area contributed by atoms with Crippen LogP contribution in [0, 0.1) is 0 Å². The molecule has 7 heteroatoms. The van der Waals surface area contributed by atoms with Crippen LogP contribution in [0.5, 0.6) is 0 Å². The van der Waals surface area contributed by atoms with E-state index < -0.39 is 29.5 Å². The van der Waals surface area contributed by atoms with E-state index in [9.17, 15) is 27.1 Å². The van der Waals surface area contributed by atoms with E-state index in [1.54, 1.807) is 30.3 Å². The summed E-state index contributed by atoms with van der Waals surface area (Å²) in [6.45, 7) is 2.96. The molecule has 0 bridgehead atoms. The van der Waals surface area contributed by atoms with E-state index in [4.69, 9.17) is 4.74 Å². The molecule has 0 saturated carbocycles. The smallest absolute Gasteiger partial charge is 0.416 e. The van der Waals surface area contributed by atoms with Crippen molar-refractivity contribution in [1.82, 2.24) is 0 Å². The molecule has 134 valence electrons. The number of aliphatic hydroxyl groups excluding tert-OH is 1. The lowest BCUT2D eigenvalue weighted by molar-refractivity contribution is -0.137. The lowest BCUT2D eigenvalue weighted by Gasteiger charge is -2.25. The summed E-state index contributed by atoms with van der Waals surface area (Å²) in [5.74, 6) is -4.84. The predicted molar refractivity (Wildman–Crippen MR) is 81.7 cm³/mol. The van der Waals surface area contributed by atoms with Crippen LogP contribution < -0.4 is 0 Å². The lowest BCUT2D eigenvalue weighted by atomic mass is 10.0. The molecule has 2 aromatic carbocycles. The topological polar surface area (TPSA) is 29.5 Å². The summed E-state index contributed by atoms with van der Waals surface area (Å²) < 4.78 is 70.9. The first-order chi connectivity index (χ1) is 11.6. The summed E-state index contributed by atoms with van der Waals surface area (Å²) in [6, 6.07) is 11.3. The van der Waals surface area contributed by atoms with Crippen molar-refractivity contribution in [2.24, 2.45) is 0 Å². The average Bonchev–Trinajstić information content (AvgIpc) is 2.59. The number of alkyl halides is 5. The van der Waals surface area contributed by atoms with Gasteiger partial charge >= 0.3 is 12.1 Å². The van der Waals surface area contributed by atoms with Crippen LogP contribution in [0.4, 0.5) is 22.0 Å². The predicted octanol–water partition coefficient (Wildman–Crippen LogP) is 5.10. The van der Waals surface area contributed by atoms with Crippen molar-refractivity contribution >= 4 is 0 Å². The van der Waals surface area contributed by atoms with Crippen LogP contribution in [-0.4, -0.2) is 11.0 Å². The number of benzene rings is 2. The average molecular weight is 358 g/mol. The Balaban J connectivity index is 2.07. The number of ether oxygens (including phenoxy) is 1. The Labute approximate surface area is 141 Å². The molecular weight excluding hydrogens is 343 g/mol. The van der Waals surface area contributed by atoms with Crippen molar-refractivity contribution in [3.05, 3.63) is 83.6 Å². The highest BCUT2D eigenvalue weighted by Gasteiger charge is 2.44. The van der Waals surface area contributed by atoms with Crippen molar-refractivity contribution in [3.8, 4) is 0 Å². The normalized spacial score (nSPS) is 13.4. The van der Waals surface area contributed by atoms with Gasteiger partial charge < -0.3 is 9.84 Å². The van der Waals surface area contributed by atoms with Crippen molar-refractivity contribution in [3.63, 3.8) is 0 Å². The van der Waals surface area contributed by atoms with Crippen molar-refractivity contribution in [2.45, 2.75) is 24.8 Å². The van der Waals surface area contributed by atoms with E-state index in [-0.39, 0.29) is 12.2 Å². The van der Waals surface area contributed by atoms with Gasteiger partial charge in [-0.05, 0) is 23.3 Å². The van der Waals surface area contributed by atoms with Gasteiger partial charge in [-0.2, -0.15) is 22.0 Å². The Morgan fingerprint density at radius 2 is 1.52 bits per heavy atom. The molecule has 0 radical (unpaired) electrons. The largest absolute Gasteiger partial charge is 0.487 e. The van der Waals surface area contributed by atoms with E-state index in [1.165, 1.54) is 0 Å². The van der Waals surface area contributed by atoms with Gasteiger partial charge in [0.2, 0.25) is 0 Å². The van der Waals surface area contributed by atoms with E-state index >= 15 is 0 Å². The molecule has 0 aliphatic carbocycles. The zero-order valence-electron chi connectivity index (χ0n) is 12.9. The molecule has 2 nitrogen and oxygen atoms in total. The first kappa shape index (κ1) is 18.9. The van der Waals surface area contributed by atoms with Crippen molar-refractivity contribution < 1.29 is 31.8 Å². The Kier molecular flexibility index (Phi) is 5.47. The summed E-state index contributed by atoms with van der Waals surface area (Å²) in [5.41, 5.74) is -0.739. The van der Waals surface area contributed by atoms with Crippen molar-refractivity contribution in [1.29, 1.82) is 0 Å². The third kappa shape index (κ3) is 4.57. The maximum Gasteiger partial charge on any atom is 0.416 e. The van der Waals surface area contributed by atoms with Gasteiger partial charge in [-0.1, -0.05) is 49.0 Å². The monoisotopic (exact) mass is 358 g/mol. The van der Waals surface area contributed by atoms with E-state index in [0.717, 1.165) is 12.1 Å². The highest BCUT2D eigenvalue weighted by molar-refractivity contribution is 5.28. The third-order valence-electron chi connectivity index (χ3n) is 3.52. The van der Waals surface area contributed by atoms with Crippen molar-refractivity contribution in [2.75, 3.05) is 0 Å². The molecule has 1 atom stereocenters. The zero-order valence-corrected chi connectivity index (χ0v) is 12.9. The van der Waals surface area contributed by atoms with Gasteiger partial charge in [0, 0.05) is 0 Å². The summed E-state index contributed by atoms with van der Waals surface area (Å²) in [4.78, 5) is 0. The molecule has 0 aliphatic rings. The van der Waals surface area contributed by atoms with Gasteiger partial charge in [-0.25, -0.2) is 0 Å². The minimum Gasteiger partial charge on any atom is -0.487 e. The lowest BCUT2D eigenvalue weighted by Crippen LogP contribution is -2.29. The summed E-state index contributed by atoms with van der Waals surface area (Å²) >= 11 is 0. The number of halogens is 5. The molecule has 0 fully saturated rings. The van der Waals surface area contributed by atoms with E-state index in [0.29, 0.717) is 17.7 Å². The van der Waals surface area contributed by atoms with Crippen LogP contribution in [0.15, 0.2) is 66.9 Å². The third-order valence-corrected chi connectivity index (χ3v) is 3.52.